The molecule has 2 nitrogen and oxygen atoms in total. The van der Waals surface area contributed by atoms with Crippen LogP contribution in [0, 0.1) is 5.92 Å². The molecule has 1 aliphatic rings. The van der Waals surface area contributed by atoms with E-state index in [4.69, 9.17) is 0 Å². The number of benzene rings is 1. The third-order valence-corrected chi connectivity index (χ3v) is 6.14. The third-order valence-electron chi connectivity index (χ3n) is 5.10. The van der Waals surface area contributed by atoms with Gasteiger partial charge >= 0.3 is 0 Å². The van der Waals surface area contributed by atoms with Crippen LogP contribution in [0.4, 0.5) is 0 Å². The molecule has 1 aromatic carbocycles. The smallest absolute Gasteiger partial charge is 0.143 e. The zero-order chi connectivity index (χ0) is 16.1. The summed E-state index contributed by atoms with van der Waals surface area (Å²) in [6, 6.07) is 9.12. The molecule has 3 heteroatoms. The van der Waals surface area contributed by atoms with Crippen molar-refractivity contribution in [2.45, 2.75) is 71.1 Å². The van der Waals surface area contributed by atoms with Crippen LogP contribution in [0.15, 0.2) is 24.3 Å². The number of rotatable bonds is 6. The Kier molecular flexibility index (Phi) is 5.82. The largest absolute Gasteiger partial charge is 0.147 e. The second-order valence-corrected chi connectivity index (χ2v) is 7.94. The van der Waals surface area contributed by atoms with Gasteiger partial charge in [-0.1, -0.05) is 62.3 Å². The maximum Gasteiger partial charge on any atom is 0.147 e. The zero-order valence-electron chi connectivity index (χ0n) is 14.4. The van der Waals surface area contributed by atoms with Crippen molar-refractivity contribution in [2.24, 2.45) is 5.92 Å². The first-order valence-electron chi connectivity index (χ1n) is 9.22. The quantitative estimate of drug-likeness (QED) is 0.628. The Labute approximate surface area is 144 Å². The normalized spacial score (nSPS) is 21.5. The lowest BCUT2D eigenvalue weighted by Gasteiger charge is -2.28. The van der Waals surface area contributed by atoms with Gasteiger partial charge < -0.3 is 0 Å². The number of hydrogen-bond acceptors (Lipinski definition) is 3. The molecular formula is C20H28N2S. The minimum Gasteiger partial charge on any atom is -0.143 e. The molecule has 2 aromatic rings. The summed E-state index contributed by atoms with van der Waals surface area (Å²) in [7, 11) is 0. The number of nitrogens with zero attached hydrogens (tertiary/aromatic N) is 2. The van der Waals surface area contributed by atoms with E-state index in [2.05, 4.69) is 48.3 Å². The van der Waals surface area contributed by atoms with Crippen LogP contribution in [0.2, 0.25) is 0 Å². The Hall–Kier alpha value is -1.22. The van der Waals surface area contributed by atoms with Crippen LogP contribution in [0.1, 0.15) is 75.3 Å². The fraction of sp³-hybridized carbons (Fsp3) is 0.600. The van der Waals surface area contributed by atoms with Crippen LogP contribution < -0.4 is 0 Å². The predicted molar refractivity (Wildman–Crippen MR) is 98.9 cm³/mol. The zero-order valence-corrected chi connectivity index (χ0v) is 15.2. The van der Waals surface area contributed by atoms with Gasteiger partial charge in [0.15, 0.2) is 0 Å². The summed E-state index contributed by atoms with van der Waals surface area (Å²) in [5, 5.41) is 10.9. The predicted octanol–water partition coefficient (Wildman–Crippen LogP) is 6.23. The molecule has 0 spiro atoms. The van der Waals surface area contributed by atoms with Gasteiger partial charge in [-0.25, -0.2) is 0 Å². The molecule has 1 aliphatic carbocycles. The highest BCUT2D eigenvalue weighted by Gasteiger charge is 2.21. The highest BCUT2D eigenvalue weighted by atomic mass is 32.1. The molecule has 0 N–H and O–H groups in total. The monoisotopic (exact) mass is 328 g/mol. The Balaban J connectivity index is 1.63. The first kappa shape index (κ1) is 16.6. The molecule has 3 rings (SSSR count). The average molecular weight is 329 g/mol. The average Bonchev–Trinajstić information content (AvgIpc) is 3.05. The Bertz CT molecular complexity index is 594. The van der Waals surface area contributed by atoms with E-state index < -0.39 is 0 Å². The highest BCUT2D eigenvalue weighted by Crippen LogP contribution is 2.38. The van der Waals surface area contributed by atoms with Crippen LogP contribution in [-0.4, -0.2) is 10.2 Å². The van der Waals surface area contributed by atoms with E-state index >= 15 is 0 Å². The summed E-state index contributed by atoms with van der Waals surface area (Å²) in [5.41, 5.74) is 2.73. The standard InChI is InChI=1S/C20H28N2S/c1-3-5-15-7-9-16(10-8-15)17-11-13-18(14-12-17)20-22-21-19(23-20)6-4-2/h11-16H,3-10H2,1-2H3. The van der Waals surface area contributed by atoms with Gasteiger partial charge in [0.1, 0.15) is 10.0 Å². The number of aromatic nitrogens is 2. The molecule has 1 fully saturated rings. The van der Waals surface area contributed by atoms with E-state index in [0.717, 1.165) is 34.7 Å². The van der Waals surface area contributed by atoms with Gasteiger partial charge in [-0.15, -0.1) is 10.2 Å². The number of aryl methyl sites for hydroxylation is 1. The van der Waals surface area contributed by atoms with Crippen molar-refractivity contribution in [3.05, 3.63) is 34.8 Å². The van der Waals surface area contributed by atoms with Crippen LogP contribution in [-0.2, 0) is 6.42 Å². The molecule has 1 aromatic heterocycles. The van der Waals surface area contributed by atoms with Crippen molar-refractivity contribution >= 4 is 11.3 Å². The van der Waals surface area contributed by atoms with E-state index in [1.807, 2.05) is 0 Å². The van der Waals surface area contributed by atoms with Gasteiger partial charge in [0.05, 0.1) is 0 Å². The topological polar surface area (TPSA) is 25.8 Å². The Morgan fingerprint density at radius 2 is 1.70 bits per heavy atom. The molecule has 0 radical (unpaired) electrons. The summed E-state index contributed by atoms with van der Waals surface area (Å²) in [4.78, 5) is 0. The summed E-state index contributed by atoms with van der Waals surface area (Å²) < 4.78 is 0. The maximum atomic E-state index is 4.35. The third kappa shape index (κ3) is 4.20. The Morgan fingerprint density at radius 3 is 2.35 bits per heavy atom. The molecule has 0 saturated heterocycles. The van der Waals surface area contributed by atoms with Crippen molar-refractivity contribution in [1.29, 1.82) is 0 Å². The molecule has 0 amide bonds. The van der Waals surface area contributed by atoms with Gasteiger partial charge in [-0.2, -0.15) is 0 Å². The first-order chi connectivity index (χ1) is 11.3. The van der Waals surface area contributed by atoms with Gasteiger partial charge in [0.25, 0.3) is 0 Å². The lowest BCUT2D eigenvalue weighted by Crippen LogP contribution is -2.13. The van der Waals surface area contributed by atoms with Crippen molar-refractivity contribution in [2.75, 3.05) is 0 Å². The molecule has 124 valence electrons. The van der Waals surface area contributed by atoms with Crippen LogP contribution >= 0.6 is 11.3 Å². The maximum absolute atomic E-state index is 4.35. The molecular weight excluding hydrogens is 300 g/mol. The van der Waals surface area contributed by atoms with Gasteiger partial charge in [0.2, 0.25) is 0 Å². The van der Waals surface area contributed by atoms with Crippen LogP contribution in [0.3, 0.4) is 0 Å². The molecule has 0 atom stereocenters. The minimum absolute atomic E-state index is 0.766. The highest BCUT2D eigenvalue weighted by molar-refractivity contribution is 7.14. The fourth-order valence-corrected chi connectivity index (χ4v) is 4.72. The molecule has 0 unspecified atom stereocenters. The molecule has 1 heterocycles. The number of hydrogen-bond donors (Lipinski definition) is 0. The second-order valence-electron chi connectivity index (χ2n) is 6.88. The fourth-order valence-electron chi connectivity index (χ4n) is 3.78. The van der Waals surface area contributed by atoms with Crippen LogP contribution in [0.25, 0.3) is 10.6 Å². The van der Waals surface area contributed by atoms with Gasteiger partial charge in [-0.05, 0) is 49.5 Å². The molecule has 23 heavy (non-hydrogen) atoms. The second kappa shape index (κ2) is 8.05. The van der Waals surface area contributed by atoms with Crippen molar-refractivity contribution in [3.8, 4) is 10.6 Å². The summed E-state index contributed by atoms with van der Waals surface area (Å²) in [6.45, 7) is 4.50. The van der Waals surface area contributed by atoms with E-state index in [-0.39, 0.29) is 0 Å². The summed E-state index contributed by atoms with van der Waals surface area (Å²) >= 11 is 1.74. The molecule has 0 aliphatic heterocycles. The van der Waals surface area contributed by atoms with Gasteiger partial charge in [0, 0.05) is 12.0 Å². The van der Waals surface area contributed by atoms with E-state index in [0.29, 0.717) is 0 Å². The van der Waals surface area contributed by atoms with E-state index in [1.165, 1.54) is 49.7 Å². The lowest BCUT2D eigenvalue weighted by molar-refractivity contribution is 0.308. The molecule has 0 bridgehead atoms. The van der Waals surface area contributed by atoms with E-state index in [9.17, 15) is 0 Å². The summed E-state index contributed by atoms with van der Waals surface area (Å²) in [5.74, 6) is 1.75. The molecule has 1 saturated carbocycles. The van der Waals surface area contributed by atoms with Crippen molar-refractivity contribution in [1.82, 2.24) is 10.2 Å². The SMILES string of the molecule is CCCc1nnc(-c2ccc(C3CCC(CCC)CC3)cc2)s1. The lowest BCUT2D eigenvalue weighted by atomic mass is 9.77. The summed E-state index contributed by atoms with van der Waals surface area (Å²) in [6.07, 6.45) is 10.5. The Morgan fingerprint density at radius 1 is 0.957 bits per heavy atom. The van der Waals surface area contributed by atoms with Gasteiger partial charge in [-0.3, -0.25) is 0 Å². The first-order valence-corrected chi connectivity index (χ1v) is 10.0. The van der Waals surface area contributed by atoms with Crippen molar-refractivity contribution in [3.63, 3.8) is 0 Å². The van der Waals surface area contributed by atoms with Crippen molar-refractivity contribution < 1.29 is 0 Å². The van der Waals surface area contributed by atoms with Crippen LogP contribution in [0.5, 0.6) is 0 Å². The minimum atomic E-state index is 0.766. The van der Waals surface area contributed by atoms with E-state index in [1.54, 1.807) is 11.3 Å².